The van der Waals surface area contributed by atoms with Crippen LogP contribution in [0.3, 0.4) is 0 Å². The Kier molecular flexibility index (Phi) is 10.8. The summed E-state index contributed by atoms with van der Waals surface area (Å²) >= 11 is 0. The minimum absolute atomic E-state index is 0. The third kappa shape index (κ3) is 7.19. The minimum atomic E-state index is -0.147. The topological polar surface area (TPSA) is 84.7 Å². The van der Waals surface area contributed by atoms with Crippen LogP contribution in [0.2, 0.25) is 0 Å². The first-order valence-corrected chi connectivity index (χ1v) is 7.90. The monoisotopic (exact) mass is 357 g/mol. The molecule has 0 aliphatic carbocycles. The molecule has 7 heteroatoms. The average Bonchev–Trinajstić information content (AvgIpc) is 2.55. The molecule has 0 fully saturated rings. The summed E-state index contributed by atoms with van der Waals surface area (Å²) < 4.78 is 5.64. The molecule has 1 rings (SSSR count). The van der Waals surface area contributed by atoms with Crippen LogP contribution in [0, 0.1) is 0 Å². The van der Waals surface area contributed by atoms with E-state index in [4.69, 9.17) is 10.5 Å². The van der Waals surface area contributed by atoms with Gasteiger partial charge in [-0.2, -0.15) is 0 Å². The van der Waals surface area contributed by atoms with Crippen LogP contribution < -0.4 is 15.8 Å². The summed E-state index contributed by atoms with van der Waals surface area (Å²) in [5.74, 6) is 0.481. The van der Waals surface area contributed by atoms with Crippen molar-refractivity contribution >= 4 is 24.2 Å². The second-order valence-corrected chi connectivity index (χ2v) is 5.54. The summed E-state index contributed by atoms with van der Waals surface area (Å²) in [5, 5.41) is 3.00. The maximum atomic E-state index is 11.9. The van der Waals surface area contributed by atoms with Crippen LogP contribution in [0.4, 0.5) is 0 Å². The highest BCUT2D eigenvalue weighted by atomic mass is 35.5. The molecular formula is C17H28ClN3O3. The van der Waals surface area contributed by atoms with Gasteiger partial charge in [0.1, 0.15) is 5.75 Å². The molecule has 0 aromatic heterocycles. The highest BCUT2D eigenvalue weighted by molar-refractivity contribution is 5.85. The van der Waals surface area contributed by atoms with Gasteiger partial charge < -0.3 is 20.7 Å². The Morgan fingerprint density at radius 2 is 1.96 bits per heavy atom. The number of benzene rings is 1. The summed E-state index contributed by atoms with van der Waals surface area (Å²) in [5.41, 5.74) is 6.31. The number of likely N-dealkylation sites (N-methyl/N-ethyl adjacent to an activating group) is 1. The van der Waals surface area contributed by atoms with Gasteiger partial charge >= 0.3 is 0 Å². The molecule has 1 aromatic carbocycles. The number of carbonyl (C=O) groups is 2. The Bertz CT molecular complexity index is 524. The smallest absolute Gasteiger partial charge is 0.259 e. The highest BCUT2D eigenvalue weighted by Crippen LogP contribution is 2.27. The van der Waals surface area contributed by atoms with Crippen molar-refractivity contribution in [3.63, 3.8) is 0 Å². The molecule has 0 aliphatic rings. The molecule has 0 saturated carbocycles. The Morgan fingerprint density at radius 3 is 2.54 bits per heavy atom. The van der Waals surface area contributed by atoms with E-state index in [0.29, 0.717) is 25.1 Å². The standard InChI is InChI=1S/C17H27N3O3.ClH/c1-4-14(19-16(21)10-7-11-18)13-8-5-6-9-15(13)23-12-17(22)20(2)3;/h5-6,8-9,14H,4,7,10-12,18H2,1-3H3,(H,19,21);1H. The van der Waals surface area contributed by atoms with Crippen molar-refractivity contribution in [2.75, 3.05) is 27.2 Å². The number of amides is 2. The fraction of sp³-hybridized carbons (Fsp3) is 0.529. The van der Waals surface area contributed by atoms with Crippen LogP contribution in [0.5, 0.6) is 5.75 Å². The zero-order valence-corrected chi connectivity index (χ0v) is 15.4. The maximum absolute atomic E-state index is 11.9. The summed E-state index contributed by atoms with van der Waals surface area (Å²) in [6, 6.07) is 7.32. The summed E-state index contributed by atoms with van der Waals surface area (Å²) in [6.45, 7) is 2.47. The van der Waals surface area contributed by atoms with E-state index in [1.807, 2.05) is 31.2 Å². The van der Waals surface area contributed by atoms with Gasteiger partial charge in [-0.25, -0.2) is 0 Å². The Balaban J connectivity index is 0.00000529. The lowest BCUT2D eigenvalue weighted by Crippen LogP contribution is -2.30. The highest BCUT2D eigenvalue weighted by Gasteiger charge is 2.17. The molecule has 1 aromatic rings. The van der Waals surface area contributed by atoms with Crippen molar-refractivity contribution < 1.29 is 14.3 Å². The van der Waals surface area contributed by atoms with Gasteiger partial charge in [-0.15, -0.1) is 12.4 Å². The largest absolute Gasteiger partial charge is 0.483 e. The van der Waals surface area contributed by atoms with E-state index in [-0.39, 0.29) is 36.9 Å². The minimum Gasteiger partial charge on any atom is -0.483 e. The van der Waals surface area contributed by atoms with Crippen LogP contribution in [0.15, 0.2) is 24.3 Å². The van der Waals surface area contributed by atoms with E-state index in [9.17, 15) is 9.59 Å². The number of nitrogens with zero attached hydrogens (tertiary/aromatic N) is 1. The molecule has 6 nitrogen and oxygen atoms in total. The van der Waals surface area contributed by atoms with Gasteiger partial charge in [0.2, 0.25) is 5.91 Å². The third-order valence-corrected chi connectivity index (χ3v) is 3.50. The maximum Gasteiger partial charge on any atom is 0.259 e. The Labute approximate surface area is 150 Å². The van der Waals surface area contributed by atoms with Crippen LogP contribution in [-0.4, -0.2) is 44.0 Å². The number of hydrogen-bond donors (Lipinski definition) is 2. The first-order chi connectivity index (χ1) is 11.0. The van der Waals surface area contributed by atoms with E-state index >= 15 is 0 Å². The number of nitrogens with two attached hydrogens (primary N) is 1. The molecular weight excluding hydrogens is 330 g/mol. The normalized spacial score (nSPS) is 11.2. The van der Waals surface area contributed by atoms with Crippen LogP contribution >= 0.6 is 12.4 Å². The molecule has 0 bridgehead atoms. The third-order valence-electron chi connectivity index (χ3n) is 3.50. The van der Waals surface area contributed by atoms with Crippen molar-refractivity contribution in [1.29, 1.82) is 0 Å². The number of carbonyl (C=O) groups excluding carboxylic acids is 2. The number of halogens is 1. The van der Waals surface area contributed by atoms with Gasteiger partial charge in [0.25, 0.3) is 5.91 Å². The van der Waals surface area contributed by atoms with Gasteiger partial charge in [-0.05, 0) is 25.5 Å². The quantitative estimate of drug-likeness (QED) is 0.706. The number of nitrogens with one attached hydrogen (secondary N) is 1. The molecule has 136 valence electrons. The van der Waals surface area contributed by atoms with E-state index in [2.05, 4.69) is 5.32 Å². The van der Waals surface area contributed by atoms with Crippen LogP contribution in [-0.2, 0) is 9.59 Å². The number of hydrogen-bond acceptors (Lipinski definition) is 4. The molecule has 0 radical (unpaired) electrons. The van der Waals surface area contributed by atoms with Crippen LogP contribution in [0.1, 0.15) is 37.8 Å². The van der Waals surface area contributed by atoms with E-state index < -0.39 is 0 Å². The molecule has 0 saturated heterocycles. The SMILES string of the molecule is CCC(NC(=O)CCCN)c1ccccc1OCC(=O)N(C)C.Cl. The number of para-hydroxylation sites is 1. The zero-order chi connectivity index (χ0) is 17.2. The molecule has 0 spiro atoms. The van der Waals surface area contributed by atoms with Crippen LogP contribution in [0.25, 0.3) is 0 Å². The van der Waals surface area contributed by atoms with Crippen molar-refractivity contribution in [2.45, 2.75) is 32.2 Å². The van der Waals surface area contributed by atoms with Gasteiger partial charge in [-0.3, -0.25) is 9.59 Å². The Hall–Kier alpha value is -1.79. The number of ether oxygens (including phenoxy) is 1. The average molecular weight is 358 g/mol. The first-order valence-electron chi connectivity index (χ1n) is 7.90. The fourth-order valence-electron chi connectivity index (χ4n) is 2.10. The second kappa shape index (κ2) is 11.7. The predicted octanol–water partition coefficient (Wildman–Crippen LogP) is 1.88. The van der Waals surface area contributed by atoms with Crippen molar-refractivity contribution in [2.24, 2.45) is 5.73 Å². The van der Waals surface area contributed by atoms with Crippen molar-refractivity contribution in [3.05, 3.63) is 29.8 Å². The molecule has 1 atom stereocenters. The molecule has 2 amide bonds. The van der Waals surface area contributed by atoms with Gasteiger partial charge in [-0.1, -0.05) is 25.1 Å². The van der Waals surface area contributed by atoms with E-state index in [1.165, 1.54) is 4.90 Å². The predicted molar refractivity (Wildman–Crippen MR) is 97.3 cm³/mol. The van der Waals surface area contributed by atoms with Crippen molar-refractivity contribution in [1.82, 2.24) is 10.2 Å². The Morgan fingerprint density at radius 1 is 1.29 bits per heavy atom. The van der Waals surface area contributed by atoms with E-state index in [1.54, 1.807) is 14.1 Å². The van der Waals surface area contributed by atoms with Gasteiger partial charge in [0, 0.05) is 26.1 Å². The first kappa shape index (κ1) is 22.2. The molecule has 3 N–H and O–H groups in total. The molecule has 24 heavy (non-hydrogen) atoms. The lowest BCUT2D eigenvalue weighted by molar-refractivity contribution is -0.130. The molecule has 1 unspecified atom stereocenters. The molecule has 0 aliphatic heterocycles. The second-order valence-electron chi connectivity index (χ2n) is 5.54. The zero-order valence-electron chi connectivity index (χ0n) is 14.6. The fourth-order valence-corrected chi connectivity index (χ4v) is 2.10. The lowest BCUT2D eigenvalue weighted by atomic mass is 10.0. The van der Waals surface area contributed by atoms with Crippen molar-refractivity contribution in [3.8, 4) is 5.75 Å². The summed E-state index contributed by atoms with van der Waals surface area (Å²) in [6.07, 6.45) is 1.81. The summed E-state index contributed by atoms with van der Waals surface area (Å²) in [7, 11) is 3.37. The lowest BCUT2D eigenvalue weighted by Gasteiger charge is -2.21. The summed E-state index contributed by atoms with van der Waals surface area (Å²) in [4.78, 5) is 25.1. The van der Waals surface area contributed by atoms with E-state index in [0.717, 1.165) is 12.0 Å². The molecule has 0 heterocycles. The van der Waals surface area contributed by atoms with Gasteiger partial charge in [0.05, 0.1) is 6.04 Å². The van der Waals surface area contributed by atoms with Gasteiger partial charge in [0.15, 0.2) is 6.61 Å². The number of rotatable bonds is 9.